The summed E-state index contributed by atoms with van der Waals surface area (Å²) < 4.78 is 0. The van der Waals surface area contributed by atoms with Gasteiger partial charge < -0.3 is 15.5 Å². The second-order valence-electron chi connectivity index (χ2n) is 5.37. The molecule has 0 bridgehead atoms. The van der Waals surface area contributed by atoms with Crippen LogP contribution in [0.5, 0.6) is 0 Å². The highest BCUT2D eigenvalue weighted by atomic mass is 16.2. The molecule has 18 heavy (non-hydrogen) atoms. The maximum Gasteiger partial charge on any atom is 0.242 e. The Labute approximate surface area is 108 Å². The summed E-state index contributed by atoms with van der Waals surface area (Å²) in [5.41, 5.74) is 6.02. The number of piperazine rings is 1. The van der Waals surface area contributed by atoms with Crippen LogP contribution in [0.4, 0.5) is 0 Å². The van der Waals surface area contributed by atoms with Crippen LogP contribution in [0, 0.1) is 5.92 Å². The van der Waals surface area contributed by atoms with Crippen molar-refractivity contribution in [3.8, 4) is 0 Å². The lowest BCUT2D eigenvalue weighted by atomic mass is 10.00. The molecule has 1 heterocycles. The lowest BCUT2D eigenvalue weighted by molar-refractivity contribution is -0.150. The van der Waals surface area contributed by atoms with Crippen LogP contribution in [0.2, 0.25) is 0 Å². The van der Waals surface area contributed by atoms with Crippen LogP contribution in [0.15, 0.2) is 0 Å². The first-order valence-corrected chi connectivity index (χ1v) is 6.93. The maximum absolute atomic E-state index is 11.9. The SMILES string of the molecule is CCN1CC(=O)N(CCC2CCCC2N)CC1=O. The minimum atomic E-state index is 0.0628. The highest BCUT2D eigenvalue weighted by molar-refractivity contribution is 5.92. The van der Waals surface area contributed by atoms with Gasteiger partial charge in [-0.05, 0) is 32.1 Å². The standard InChI is InChI=1S/C13H23N3O2/c1-2-15-8-13(18)16(9-12(15)17)7-6-10-4-3-5-11(10)14/h10-11H,2-9,14H2,1H3. The summed E-state index contributed by atoms with van der Waals surface area (Å²) in [6, 6.07) is 0.285. The molecule has 0 aromatic carbocycles. The summed E-state index contributed by atoms with van der Waals surface area (Å²) in [5, 5.41) is 0. The van der Waals surface area contributed by atoms with Crippen LogP contribution < -0.4 is 5.73 Å². The predicted octanol–water partition coefficient (Wildman–Crippen LogP) is 0.195. The lowest BCUT2D eigenvalue weighted by Gasteiger charge is -2.34. The summed E-state index contributed by atoms with van der Waals surface area (Å²) in [6.45, 7) is 3.69. The van der Waals surface area contributed by atoms with E-state index in [1.54, 1.807) is 9.80 Å². The number of carbonyl (C=O) groups is 2. The van der Waals surface area contributed by atoms with Gasteiger partial charge in [0.05, 0.1) is 13.1 Å². The molecule has 0 radical (unpaired) electrons. The van der Waals surface area contributed by atoms with E-state index in [4.69, 9.17) is 5.73 Å². The van der Waals surface area contributed by atoms with Gasteiger partial charge in [0.2, 0.25) is 11.8 Å². The van der Waals surface area contributed by atoms with Crippen LogP contribution in [0.25, 0.3) is 0 Å². The minimum absolute atomic E-state index is 0.0628. The molecule has 0 aromatic heterocycles. The number of nitrogens with two attached hydrogens (primary N) is 1. The zero-order valence-electron chi connectivity index (χ0n) is 11.1. The Hall–Kier alpha value is -1.10. The van der Waals surface area contributed by atoms with E-state index in [1.807, 2.05) is 6.92 Å². The fourth-order valence-electron chi connectivity index (χ4n) is 2.94. The van der Waals surface area contributed by atoms with Crippen molar-refractivity contribution in [3.05, 3.63) is 0 Å². The van der Waals surface area contributed by atoms with E-state index in [9.17, 15) is 9.59 Å². The van der Waals surface area contributed by atoms with E-state index in [1.165, 1.54) is 6.42 Å². The predicted molar refractivity (Wildman–Crippen MR) is 68.8 cm³/mol. The lowest BCUT2D eigenvalue weighted by Crippen LogP contribution is -2.54. The average molecular weight is 253 g/mol. The number of amides is 2. The van der Waals surface area contributed by atoms with Crippen LogP contribution in [0.3, 0.4) is 0 Å². The topological polar surface area (TPSA) is 66.6 Å². The van der Waals surface area contributed by atoms with Gasteiger partial charge in [0.15, 0.2) is 0 Å². The quantitative estimate of drug-likeness (QED) is 0.778. The van der Waals surface area contributed by atoms with Crippen molar-refractivity contribution in [2.45, 2.75) is 38.6 Å². The van der Waals surface area contributed by atoms with Gasteiger partial charge in [0.1, 0.15) is 0 Å². The molecule has 102 valence electrons. The van der Waals surface area contributed by atoms with Gasteiger partial charge in [-0.1, -0.05) is 6.42 Å². The molecule has 1 saturated heterocycles. The minimum Gasteiger partial charge on any atom is -0.332 e. The van der Waals surface area contributed by atoms with E-state index in [2.05, 4.69) is 0 Å². The highest BCUT2D eigenvalue weighted by Crippen LogP contribution is 2.27. The molecule has 2 amide bonds. The summed E-state index contributed by atoms with van der Waals surface area (Å²) in [4.78, 5) is 27.0. The molecule has 1 aliphatic heterocycles. The largest absolute Gasteiger partial charge is 0.332 e. The van der Waals surface area contributed by atoms with Crippen molar-refractivity contribution in [2.24, 2.45) is 11.7 Å². The molecular weight excluding hydrogens is 230 g/mol. The second-order valence-corrected chi connectivity index (χ2v) is 5.37. The second kappa shape index (κ2) is 5.69. The number of nitrogens with zero attached hydrogens (tertiary/aromatic N) is 2. The van der Waals surface area contributed by atoms with Crippen molar-refractivity contribution in [1.82, 2.24) is 9.80 Å². The Bertz CT molecular complexity index is 332. The number of hydrogen-bond donors (Lipinski definition) is 1. The molecule has 1 aliphatic carbocycles. The van der Waals surface area contributed by atoms with E-state index in [-0.39, 0.29) is 30.9 Å². The van der Waals surface area contributed by atoms with E-state index < -0.39 is 0 Å². The van der Waals surface area contributed by atoms with Crippen LogP contribution >= 0.6 is 0 Å². The zero-order chi connectivity index (χ0) is 13.1. The van der Waals surface area contributed by atoms with Crippen LogP contribution in [0.1, 0.15) is 32.6 Å². The molecule has 5 nitrogen and oxygen atoms in total. The summed E-state index contributed by atoms with van der Waals surface area (Å²) in [5.74, 6) is 0.660. The maximum atomic E-state index is 11.9. The third kappa shape index (κ3) is 2.83. The van der Waals surface area contributed by atoms with Gasteiger partial charge in [-0.2, -0.15) is 0 Å². The fraction of sp³-hybridized carbons (Fsp3) is 0.846. The summed E-state index contributed by atoms with van der Waals surface area (Å²) in [7, 11) is 0. The third-order valence-electron chi connectivity index (χ3n) is 4.23. The number of carbonyl (C=O) groups excluding carboxylic acids is 2. The van der Waals surface area contributed by atoms with Gasteiger partial charge in [-0.25, -0.2) is 0 Å². The Morgan fingerprint density at radius 1 is 1.17 bits per heavy atom. The monoisotopic (exact) mass is 253 g/mol. The molecule has 2 N–H and O–H groups in total. The first-order chi connectivity index (χ1) is 8.61. The van der Waals surface area contributed by atoms with Crippen LogP contribution in [-0.4, -0.2) is 53.8 Å². The Kier molecular flexibility index (Phi) is 4.22. The van der Waals surface area contributed by atoms with Crippen molar-refractivity contribution in [3.63, 3.8) is 0 Å². The number of rotatable bonds is 4. The molecular formula is C13H23N3O2. The molecule has 2 unspecified atom stereocenters. The van der Waals surface area contributed by atoms with Gasteiger partial charge in [-0.3, -0.25) is 9.59 Å². The number of hydrogen-bond acceptors (Lipinski definition) is 3. The van der Waals surface area contributed by atoms with Crippen molar-refractivity contribution in [1.29, 1.82) is 0 Å². The molecule has 0 aromatic rings. The summed E-state index contributed by atoms with van der Waals surface area (Å²) >= 11 is 0. The molecule has 0 spiro atoms. The molecule has 5 heteroatoms. The van der Waals surface area contributed by atoms with Gasteiger partial charge in [0, 0.05) is 19.1 Å². The van der Waals surface area contributed by atoms with E-state index >= 15 is 0 Å². The van der Waals surface area contributed by atoms with Gasteiger partial charge >= 0.3 is 0 Å². The first-order valence-electron chi connectivity index (χ1n) is 6.93. The Balaban J connectivity index is 1.82. The highest BCUT2D eigenvalue weighted by Gasteiger charge is 2.30. The first kappa shape index (κ1) is 13.3. The fourth-order valence-corrected chi connectivity index (χ4v) is 2.94. The molecule has 2 fully saturated rings. The van der Waals surface area contributed by atoms with Gasteiger partial charge in [-0.15, -0.1) is 0 Å². The van der Waals surface area contributed by atoms with Crippen LogP contribution in [-0.2, 0) is 9.59 Å². The molecule has 2 rings (SSSR count). The van der Waals surface area contributed by atoms with Crippen molar-refractivity contribution in [2.75, 3.05) is 26.2 Å². The van der Waals surface area contributed by atoms with Crippen molar-refractivity contribution < 1.29 is 9.59 Å². The Morgan fingerprint density at radius 2 is 1.83 bits per heavy atom. The van der Waals surface area contributed by atoms with Gasteiger partial charge in [0.25, 0.3) is 0 Å². The Morgan fingerprint density at radius 3 is 2.44 bits per heavy atom. The normalized spacial score (nSPS) is 29.2. The molecule has 2 aliphatic rings. The average Bonchev–Trinajstić information content (AvgIpc) is 2.75. The number of likely N-dealkylation sites (N-methyl/N-ethyl adjacent to an activating group) is 1. The van der Waals surface area contributed by atoms with E-state index in [0.29, 0.717) is 19.0 Å². The molecule has 2 atom stereocenters. The third-order valence-corrected chi connectivity index (χ3v) is 4.23. The molecule has 1 saturated carbocycles. The van der Waals surface area contributed by atoms with Crippen molar-refractivity contribution >= 4 is 11.8 Å². The zero-order valence-corrected chi connectivity index (χ0v) is 11.1. The smallest absolute Gasteiger partial charge is 0.242 e. The summed E-state index contributed by atoms with van der Waals surface area (Å²) in [6.07, 6.45) is 4.40. The van der Waals surface area contributed by atoms with E-state index in [0.717, 1.165) is 19.3 Å².